The molecule has 0 spiro atoms. The first kappa shape index (κ1) is 45.6. The van der Waals surface area contributed by atoms with Crippen molar-refractivity contribution < 1.29 is 33.1 Å². The van der Waals surface area contributed by atoms with Gasteiger partial charge in [-0.1, -0.05) is 24.8 Å². The van der Waals surface area contributed by atoms with Gasteiger partial charge in [-0.15, -0.1) is 0 Å². The fraction of sp³-hybridized carbons (Fsp3) is 0.392. The molecule has 2 bridgehead atoms. The number of para-hydroxylation sites is 1. The van der Waals surface area contributed by atoms with E-state index in [9.17, 15) is 24.0 Å². The van der Waals surface area contributed by atoms with Gasteiger partial charge in [-0.25, -0.2) is 14.4 Å². The number of hydrogen-bond donors (Lipinski definition) is 3. The maximum absolute atomic E-state index is 15.8. The Balaban J connectivity index is 0.749. The first-order valence-electron chi connectivity index (χ1n) is 23.7. The molecule has 5 aliphatic rings. The van der Waals surface area contributed by atoms with Gasteiger partial charge in [0.1, 0.15) is 17.6 Å². The number of carbonyl (C=O) groups excluding carboxylic acids is 5. The third kappa shape index (κ3) is 8.78. The topological polar surface area (TPSA) is 178 Å². The molecular weight excluding hydrogens is 882 g/mol. The van der Waals surface area contributed by atoms with E-state index in [0.717, 1.165) is 90.7 Å². The number of rotatable bonds is 14. The predicted molar refractivity (Wildman–Crippen MR) is 260 cm³/mol. The number of nitrogens with zero attached hydrogens (tertiary/aromatic N) is 8. The van der Waals surface area contributed by atoms with Crippen LogP contribution < -0.4 is 30.5 Å². The second-order valence-corrected chi connectivity index (χ2v) is 18.8. The quantitative estimate of drug-likeness (QED) is 0.0934. The molecular formula is C51H56FN11O6. The summed E-state index contributed by atoms with van der Waals surface area (Å²) in [6.45, 7) is 9.31. The number of fused-ring (bicyclic) bond motifs is 4. The van der Waals surface area contributed by atoms with Crippen molar-refractivity contribution in [3.63, 3.8) is 0 Å². The predicted octanol–water partition coefficient (Wildman–Crippen LogP) is 5.55. The molecule has 3 aromatic carbocycles. The molecule has 10 rings (SSSR count). The van der Waals surface area contributed by atoms with E-state index in [-0.39, 0.29) is 42.0 Å². The van der Waals surface area contributed by atoms with Crippen molar-refractivity contribution in [2.45, 2.75) is 56.7 Å². The normalized spacial score (nSPS) is 20.9. The molecule has 4 fully saturated rings. The number of methoxy groups -OCH3 is 1. The third-order valence-electron chi connectivity index (χ3n) is 14.7. The van der Waals surface area contributed by atoms with Crippen LogP contribution in [0.25, 0.3) is 22.2 Å². The molecule has 7 heterocycles. The highest BCUT2D eigenvalue weighted by Gasteiger charge is 2.47. The van der Waals surface area contributed by atoms with E-state index in [2.05, 4.69) is 65.1 Å². The number of benzene rings is 3. The Hall–Kier alpha value is -7.18. The number of piperidine rings is 2. The maximum atomic E-state index is 15.8. The number of amides is 5. The van der Waals surface area contributed by atoms with Crippen molar-refractivity contribution >= 4 is 69.1 Å². The molecule has 5 aromatic rings. The molecule has 69 heavy (non-hydrogen) atoms. The van der Waals surface area contributed by atoms with Crippen molar-refractivity contribution in [3.05, 3.63) is 96.6 Å². The average Bonchev–Trinajstić information content (AvgIpc) is 3.89. The van der Waals surface area contributed by atoms with E-state index < -0.39 is 35.5 Å². The van der Waals surface area contributed by atoms with Gasteiger partial charge in [0.15, 0.2) is 0 Å². The summed E-state index contributed by atoms with van der Waals surface area (Å²) in [6, 6.07) is 15.8. The van der Waals surface area contributed by atoms with Crippen LogP contribution in [0.15, 0.2) is 79.6 Å². The van der Waals surface area contributed by atoms with Gasteiger partial charge >= 0.3 is 0 Å². The number of ether oxygens (including phenoxy) is 1. The van der Waals surface area contributed by atoms with Crippen LogP contribution in [0.3, 0.4) is 0 Å². The monoisotopic (exact) mass is 937 g/mol. The number of hydrogen-bond acceptors (Lipinski definition) is 13. The SMILES string of the molecule is C=CC(=O)Nc1cc(Nc2nccc(-c3cn(C)c4ccccc34)n2)c(OC)cc1N(C)CCN1CCC(CN2C3CCC2CN(c2cc4c(cc2F)C(=O)N(C2CCC(=O)NC2=O)C4=O)C3)CC1. The number of halogens is 1. The molecule has 0 saturated carbocycles. The summed E-state index contributed by atoms with van der Waals surface area (Å²) in [5, 5.41) is 9.61. The van der Waals surface area contributed by atoms with Crippen LogP contribution in [0.1, 0.15) is 59.2 Å². The molecule has 18 heteroatoms. The number of nitrogens with one attached hydrogen (secondary N) is 3. The molecule has 3 unspecified atom stereocenters. The van der Waals surface area contributed by atoms with Crippen molar-refractivity contribution in [1.82, 2.24) is 34.6 Å². The van der Waals surface area contributed by atoms with Crippen LogP contribution in [-0.2, 0) is 21.4 Å². The lowest BCUT2D eigenvalue weighted by Gasteiger charge is -2.44. The second-order valence-electron chi connectivity index (χ2n) is 18.8. The van der Waals surface area contributed by atoms with E-state index in [1.54, 1.807) is 13.3 Å². The summed E-state index contributed by atoms with van der Waals surface area (Å²) < 4.78 is 23.8. The fourth-order valence-electron chi connectivity index (χ4n) is 11.0. The number of likely N-dealkylation sites (N-methyl/N-ethyl adjacent to an activating group) is 1. The van der Waals surface area contributed by atoms with Crippen LogP contribution in [0.2, 0.25) is 0 Å². The smallest absolute Gasteiger partial charge is 0.262 e. The van der Waals surface area contributed by atoms with E-state index in [4.69, 9.17) is 9.72 Å². The van der Waals surface area contributed by atoms with E-state index >= 15 is 4.39 Å². The fourth-order valence-corrected chi connectivity index (χ4v) is 11.0. The summed E-state index contributed by atoms with van der Waals surface area (Å²) >= 11 is 0. The molecule has 17 nitrogen and oxygen atoms in total. The van der Waals surface area contributed by atoms with E-state index in [1.165, 1.54) is 12.1 Å². The minimum absolute atomic E-state index is 0.0157. The van der Waals surface area contributed by atoms with Gasteiger partial charge in [0.25, 0.3) is 11.8 Å². The average molecular weight is 938 g/mol. The largest absolute Gasteiger partial charge is 0.494 e. The Morgan fingerprint density at radius 3 is 2.42 bits per heavy atom. The van der Waals surface area contributed by atoms with Gasteiger partial charge in [0, 0.05) is 100 Å². The van der Waals surface area contributed by atoms with Gasteiger partial charge < -0.3 is 34.6 Å². The number of imide groups is 2. The van der Waals surface area contributed by atoms with Crippen molar-refractivity contribution in [1.29, 1.82) is 0 Å². The molecule has 5 aliphatic heterocycles. The summed E-state index contributed by atoms with van der Waals surface area (Å²) in [4.78, 5) is 83.3. The molecule has 3 atom stereocenters. The van der Waals surface area contributed by atoms with Gasteiger partial charge in [-0.05, 0) is 87.5 Å². The van der Waals surface area contributed by atoms with Crippen LogP contribution in [0.4, 0.5) is 33.1 Å². The first-order valence-corrected chi connectivity index (χ1v) is 23.7. The van der Waals surface area contributed by atoms with Gasteiger partial charge in [-0.2, -0.15) is 0 Å². The van der Waals surface area contributed by atoms with E-state index in [1.807, 2.05) is 49.3 Å². The number of anilines is 5. The minimum atomic E-state index is -1.11. The zero-order valence-corrected chi connectivity index (χ0v) is 39.0. The van der Waals surface area contributed by atoms with Crippen molar-refractivity contribution in [2.24, 2.45) is 13.0 Å². The molecule has 0 aliphatic carbocycles. The van der Waals surface area contributed by atoms with Crippen LogP contribution >= 0.6 is 0 Å². The Kier molecular flexibility index (Phi) is 12.4. The number of piperazine rings is 1. The zero-order valence-electron chi connectivity index (χ0n) is 39.0. The highest BCUT2D eigenvalue weighted by molar-refractivity contribution is 6.23. The lowest BCUT2D eigenvalue weighted by atomic mass is 9.95. The van der Waals surface area contributed by atoms with Crippen LogP contribution in [0, 0.1) is 11.7 Å². The number of carbonyl (C=O) groups is 5. The summed E-state index contributed by atoms with van der Waals surface area (Å²) in [7, 11) is 5.63. The summed E-state index contributed by atoms with van der Waals surface area (Å²) in [5.74, 6) is -1.94. The minimum Gasteiger partial charge on any atom is -0.494 e. The third-order valence-corrected chi connectivity index (χ3v) is 14.7. The van der Waals surface area contributed by atoms with Crippen molar-refractivity contribution in [2.75, 3.05) is 80.4 Å². The van der Waals surface area contributed by atoms with E-state index in [0.29, 0.717) is 54.3 Å². The Morgan fingerprint density at radius 1 is 0.957 bits per heavy atom. The second kappa shape index (κ2) is 18.7. The van der Waals surface area contributed by atoms with Crippen molar-refractivity contribution in [3.8, 4) is 17.0 Å². The molecule has 2 aromatic heterocycles. The number of aryl methyl sites for hydroxylation is 1. The van der Waals surface area contributed by atoms with Gasteiger partial charge in [0.05, 0.1) is 46.7 Å². The zero-order chi connectivity index (χ0) is 48.1. The lowest BCUT2D eigenvalue weighted by Crippen LogP contribution is -2.55. The van der Waals surface area contributed by atoms with Gasteiger partial charge in [0.2, 0.25) is 23.7 Å². The Labute approximate surface area is 399 Å². The summed E-state index contributed by atoms with van der Waals surface area (Å²) in [6.07, 6.45) is 9.20. The highest BCUT2D eigenvalue weighted by atomic mass is 19.1. The molecule has 0 radical (unpaired) electrons. The molecule has 5 amide bonds. The maximum Gasteiger partial charge on any atom is 0.262 e. The van der Waals surface area contributed by atoms with Crippen LogP contribution in [-0.4, -0.2) is 137 Å². The number of aromatic nitrogens is 3. The summed E-state index contributed by atoms with van der Waals surface area (Å²) in [5.41, 5.74) is 5.15. The standard InChI is InChI=1S/C51H56FN11O6/c1-5-46(64)54-39-24-40(56-51-53-17-14-38(55-51)36-29-59(3)41-9-7-6-8-33(36)41)45(69-4)25-44(39)58(2)20-21-60-18-15-30(16-19-60)26-62-31-10-11-32(62)28-61(27-31)43-23-35-34(22-37(43)52)49(67)63(50(35)68)42-12-13-47(65)57-48(42)66/h5-9,14,17,22-25,29-32,42H,1,10-13,15-16,18-21,26-28H2,2-4H3,(H,54,64)(H,53,55,56)(H,57,65,66). The Bertz CT molecular complexity index is 2880. The lowest BCUT2D eigenvalue weighted by molar-refractivity contribution is -0.136. The number of likely N-dealkylation sites (tertiary alicyclic amines) is 1. The highest BCUT2D eigenvalue weighted by Crippen LogP contribution is 2.40. The Morgan fingerprint density at radius 2 is 1.70 bits per heavy atom. The molecule has 4 saturated heterocycles. The van der Waals surface area contributed by atoms with Gasteiger partial charge in [-0.3, -0.25) is 39.1 Å². The molecule has 3 N–H and O–H groups in total. The first-order chi connectivity index (χ1) is 33.4. The van der Waals surface area contributed by atoms with Crippen LogP contribution in [0.5, 0.6) is 5.75 Å². The molecule has 358 valence electrons.